The Kier molecular flexibility index (Phi) is 6.36. The SMILES string of the molecule is CNC(=O)C(C)CN(C)C(=O)CCS. The van der Waals surface area contributed by atoms with E-state index in [1.54, 1.807) is 25.9 Å². The summed E-state index contributed by atoms with van der Waals surface area (Å²) in [6.07, 6.45) is 0.417. The lowest BCUT2D eigenvalue weighted by Crippen LogP contribution is -2.37. The van der Waals surface area contributed by atoms with Crippen LogP contribution in [0.15, 0.2) is 0 Å². The number of rotatable bonds is 5. The predicted octanol–water partition coefficient (Wildman–Crippen LogP) is 0.147. The van der Waals surface area contributed by atoms with Crippen molar-refractivity contribution in [2.24, 2.45) is 5.92 Å². The summed E-state index contributed by atoms with van der Waals surface area (Å²) < 4.78 is 0. The average Bonchev–Trinajstić information content (AvgIpc) is 2.16. The Bertz CT molecular complexity index is 209. The number of amides is 2. The highest BCUT2D eigenvalue weighted by Crippen LogP contribution is 2.00. The molecule has 0 aliphatic heterocycles. The van der Waals surface area contributed by atoms with Crippen LogP contribution >= 0.6 is 12.6 Å². The molecule has 0 aromatic carbocycles. The fourth-order valence-corrected chi connectivity index (χ4v) is 1.32. The first-order valence-electron chi connectivity index (χ1n) is 4.59. The largest absolute Gasteiger partial charge is 0.359 e. The number of carbonyl (C=O) groups excluding carboxylic acids is 2. The third-order valence-corrected chi connectivity index (χ3v) is 2.22. The van der Waals surface area contributed by atoms with E-state index >= 15 is 0 Å². The van der Waals surface area contributed by atoms with Crippen LogP contribution in [0.4, 0.5) is 0 Å². The lowest BCUT2D eigenvalue weighted by Gasteiger charge is -2.20. The third-order valence-electron chi connectivity index (χ3n) is 1.99. The van der Waals surface area contributed by atoms with Crippen molar-refractivity contribution in [3.8, 4) is 0 Å². The predicted molar refractivity (Wildman–Crippen MR) is 59.3 cm³/mol. The molecule has 1 unspecified atom stereocenters. The fraction of sp³-hybridized carbons (Fsp3) is 0.778. The van der Waals surface area contributed by atoms with Crippen LogP contribution in [-0.2, 0) is 9.59 Å². The quantitative estimate of drug-likeness (QED) is 0.645. The Morgan fingerprint density at radius 1 is 1.50 bits per heavy atom. The van der Waals surface area contributed by atoms with Gasteiger partial charge in [0.05, 0.1) is 5.92 Å². The van der Waals surface area contributed by atoms with Gasteiger partial charge in [0.1, 0.15) is 0 Å². The van der Waals surface area contributed by atoms with Gasteiger partial charge in [-0.3, -0.25) is 9.59 Å². The summed E-state index contributed by atoms with van der Waals surface area (Å²) in [4.78, 5) is 24.1. The van der Waals surface area contributed by atoms with Crippen LogP contribution in [0, 0.1) is 5.92 Å². The Balaban J connectivity index is 3.98. The smallest absolute Gasteiger partial charge is 0.224 e. The van der Waals surface area contributed by atoms with Crippen LogP contribution in [0.25, 0.3) is 0 Å². The normalized spacial score (nSPS) is 12.0. The molecule has 82 valence electrons. The molecule has 14 heavy (non-hydrogen) atoms. The molecule has 0 rings (SSSR count). The van der Waals surface area contributed by atoms with Gasteiger partial charge in [-0.25, -0.2) is 0 Å². The molecule has 4 nitrogen and oxygen atoms in total. The molecule has 1 atom stereocenters. The number of hydrogen-bond acceptors (Lipinski definition) is 3. The maximum Gasteiger partial charge on any atom is 0.224 e. The van der Waals surface area contributed by atoms with Crippen molar-refractivity contribution >= 4 is 24.4 Å². The Labute approximate surface area is 90.4 Å². The number of carbonyl (C=O) groups is 2. The molecule has 0 fully saturated rings. The van der Waals surface area contributed by atoms with E-state index in [9.17, 15) is 9.59 Å². The lowest BCUT2D eigenvalue weighted by molar-refractivity contribution is -0.131. The molecular weight excluding hydrogens is 200 g/mol. The first kappa shape index (κ1) is 13.3. The van der Waals surface area contributed by atoms with Gasteiger partial charge in [-0.1, -0.05) is 6.92 Å². The third kappa shape index (κ3) is 4.50. The van der Waals surface area contributed by atoms with Crippen molar-refractivity contribution in [2.45, 2.75) is 13.3 Å². The molecule has 0 heterocycles. The molecule has 0 bridgehead atoms. The molecule has 0 aromatic rings. The van der Waals surface area contributed by atoms with Crippen molar-refractivity contribution in [1.29, 1.82) is 0 Å². The monoisotopic (exact) mass is 218 g/mol. The molecule has 2 amide bonds. The summed E-state index contributed by atoms with van der Waals surface area (Å²) in [5, 5.41) is 2.55. The lowest BCUT2D eigenvalue weighted by atomic mass is 10.1. The first-order valence-corrected chi connectivity index (χ1v) is 5.22. The number of nitrogens with zero attached hydrogens (tertiary/aromatic N) is 1. The number of thiol groups is 1. The Morgan fingerprint density at radius 3 is 2.50 bits per heavy atom. The van der Waals surface area contributed by atoms with Crippen molar-refractivity contribution in [3.05, 3.63) is 0 Å². The molecule has 1 N–H and O–H groups in total. The summed E-state index contributed by atoms with van der Waals surface area (Å²) in [5.41, 5.74) is 0. The van der Waals surface area contributed by atoms with Gasteiger partial charge in [-0.05, 0) is 5.75 Å². The van der Waals surface area contributed by atoms with Gasteiger partial charge in [0.25, 0.3) is 0 Å². The van der Waals surface area contributed by atoms with Crippen LogP contribution in [0.3, 0.4) is 0 Å². The van der Waals surface area contributed by atoms with Crippen molar-refractivity contribution < 1.29 is 9.59 Å². The maximum atomic E-state index is 11.3. The molecule has 0 saturated carbocycles. The van der Waals surface area contributed by atoms with Crippen molar-refractivity contribution in [1.82, 2.24) is 10.2 Å². The molecule has 0 saturated heterocycles. The number of nitrogens with one attached hydrogen (secondary N) is 1. The summed E-state index contributed by atoms with van der Waals surface area (Å²) in [6, 6.07) is 0. The van der Waals surface area contributed by atoms with E-state index in [0.29, 0.717) is 18.7 Å². The molecule has 0 aromatic heterocycles. The summed E-state index contributed by atoms with van der Waals surface area (Å²) in [6.45, 7) is 2.25. The zero-order valence-corrected chi connectivity index (χ0v) is 9.80. The van der Waals surface area contributed by atoms with E-state index < -0.39 is 0 Å². The van der Waals surface area contributed by atoms with Crippen molar-refractivity contribution in [2.75, 3.05) is 26.4 Å². The second-order valence-corrected chi connectivity index (χ2v) is 3.71. The second kappa shape index (κ2) is 6.70. The van der Waals surface area contributed by atoms with Crippen LogP contribution in [0.2, 0.25) is 0 Å². The van der Waals surface area contributed by atoms with Crippen molar-refractivity contribution in [3.63, 3.8) is 0 Å². The minimum absolute atomic E-state index is 0.0238. The standard InChI is InChI=1S/C9H18N2O2S/c1-7(9(13)10-2)6-11(3)8(12)4-5-14/h7,14H,4-6H2,1-3H3,(H,10,13). The highest BCUT2D eigenvalue weighted by molar-refractivity contribution is 7.80. The topological polar surface area (TPSA) is 49.4 Å². The van der Waals surface area contributed by atoms with Crippen LogP contribution in [0.5, 0.6) is 0 Å². The minimum Gasteiger partial charge on any atom is -0.359 e. The Hall–Kier alpha value is -0.710. The average molecular weight is 218 g/mol. The van der Waals surface area contributed by atoms with E-state index in [-0.39, 0.29) is 17.7 Å². The van der Waals surface area contributed by atoms with E-state index in [4.69, 9.17) is 0 Å². The highest BCUT2D eigenvalue weighted by atomic mass is 32.1. The maximum absolute atomic E-state index is 11.3. The second-order valence-electron chi connectivity index (χ2n) is 3.26. The van der Waals surface area contributed by atoms with Gasteiger partial charge in [-0.2, -0.15) is 12.6 Å². The summed E-state index contributed by atoms with van der Waals surface area (Å²) >= 11 is 3.98. The minimum atomic E-state index is -0.172. The van der Waals surface area contributed by atoms with E-state index in [2.05, 4.69) is 17.9 Å². The van der Waals surface area contributed by atoms with Gasteiger partial charge < -0.3 is 10.2 Å². The molecule has 0 spiro atoms. The molecule has 5 heteroatoms. The van der Waals surface area contributed by atoms with Crippen LogP contribution in [-0.4, -0.2) is 43.1 Å². The molecular formula is C9H18N2O2S. The van der Waals surface area contributed by atoms with Gasteiger partial charge in [0, 0.05) is 27.1 Å². The summed E-state index contributed by atoms with van der Waals surface area (Å²) in [7, 11) is 3.29. The first-order chi connectivity index (χ1) is 6.52. The zero-order chi connectivity index (χ0) is 11.1. The van der Waals surface area contributed by atoms with Gasteiger partial charge >= 0.3 is 0 Å². The number of hydrogen-bond donors (Lipinski definition) is 2. The summed E-state index contributed by atoms with van der Waals surface area (Å²) in [5.74, 6) is 0.345. The molecule has 0 radical (unpaired) electrons. The fourth-order valence-electron chi connectivity index (χ4n) is 1.13. The van der Waals surface area contributed by atoms with Crippen LogP contribution in [0.1, 0.15) is 13.3 Å². The molecule has 0 aliphatic rings. The van der Waals surface area contributed by atoms with Gasteiger partial charge in [0.15, 0.2) is 0 Å². The zero-order valence-electron chi connectivity index (χ0n) is 8.91. The van der Waals surface area contributed by atoms with E-state index in [1.165, 1.54) is 0 Å². The highest BCUT2D eigenvalue weighted by Gasteiger charge is 2.16. The van der Waals surface area contributed by atoms with Gasteiger partial charge in [0.2, 0.25) is 11.8 Å². The van der Waals surface area contributed by atoms with E-state index in [0.717, 1.165) is 0 Å². The van der Waals surface area contributed by atoms with Crippen LogP contribution < -0.4 is 5.32 Å². The van der Waals surface area contributed by atoms with E-state index in [1.807, 2.05) is 0 Å². The Morgan fingerprint density at radius 2 is 2.07 bits per heavy atom. The molecule has 0 aliphatic carbocycles. The van der Waals surface area contributed by atoms with Gasteiger partial charge in [-0.15, -0.1) is 0 Å².